The van der Waals surface area contributed by atoms with E-state index in [0.717, 1.165) is 25.7 Å². The van der Waals surface area contributed by atoms with Crippen molar-refractivity contribution in [1.82, 2.24) is 0 Å². The van der Waals surface area contributed by atoms with Gasteiger partial charge in [-0.05, 0) is 30.9 Å². The average Bonchev–Trinajstić information content (AvgIpc) is 2.88. The Morgan fingerprint density at radius 1 is 1.11 bits per heavy atom. The quantitative estimate of drug-likeness (QED) is 0.504. The highest BCUT2D eigenvalue weighted by Gasteiger charge is 2.26. The minimum Gasteiger partial charge on any atom is -0.318 e. The first-order valence-electron chi connectivity index (χ1n) is 5.93. The molecule has 1 N–H and O–H groups in total. The SMILES string of the molecule is O=[N+]([O-])c1cccc([N+](=O)[O-])c1NSC1CCCC1. The molecule has 1 aliphatic rings. The van der Waals surface area contributed by atoms with Gasteiger partial charge in [-0.1, -0.05) is 12.8 Å². The number of hydrogen-bond donors (Lipinski definition) is 1. The van der Waals surface area contributed by atoms with Crippen LogP contribution in [0.3, 0.4) is 0 Å². The molecule has 0 saturated heterocycles. The molecule has 1 aromatic carbocycles. The summed E-state index contributed by atoms with van der Waals surface area (Å²) in [5.74, 6) is 0. The van der Waals surface area contributed by atoms with E-state index in [9.17, 15) is 20.2 Å². The normalized spacial score (nSPS) is 15.4. The van der Waals surface area contributed by atoms with E-state index in [1.165, 1.54) is 30.1 Å². The van der Waals surface area contributed by atoms with Crippen molar-refractivity contribution in [2.45, 2.75) is 30.9 Å². The van der Waals surface area contributed by atoms with Crippen LogP contribution in [-0.4, -0.2) is 15.1 Å². The third-order valence-electron chi connectivity index (χ3n) is 3.04. The Kier molecular flexibility index (Phi) is 4.20. The van der Waals surface area contributed by atoms with Crippen molar-refractivity contribution in [3.63, 3.8) is 0 Å². The summed E-state index contributed by atoms with van der Waals surface area (Å²) in [6, 6.07) is 3.86. The van der Waals surface area contributed by atoms with Crippen molar-refractivity contribution in [2.75, 3.05) is 4.72 Å². The predicted molar refractivity (Wildman–Crippen MR) is 73.2 cm³/mol. The number of anilines is 1. The molecule has 0 bridgehead atoms. The van der Waals surface area contributed by atoms with Crippen LogP contribution in [-0.2, 0) is 0 Å². The lowest BCUT2D eigenvalue weighted by Crippen LogP contribution is -2.04. The Labute approximate surface area is 113 Å². The Bertz CT molecular complexity index is 470. The molecule has 7 nitrogen and oxygen atoms in total. The number of rotatable bonds is 5. The number of nitrogens with one attached hydrogen (secondary N) is 1. The molecule has 0 aliphatic heterocycles. The smallest absolute Gasteiger partial charge is 0.300 e. The van der Waals surface area contributed by atoms with Crippen molar-refractivity contribution in [3.8, 4) is 0 Å². The Balaban J connectivity index is 2.23. The summed E-state index contributed by atoms with van der Waals surface area (Å²) < 4.78 is 2.82. The molecule has 0 radical (unpaired) electrons. The van der Waals surface area contributed by atoms with E-state index in [1.807, 2.05) is 0 Å². The van der Waals surface area contributed by atoms with E-state index >= 15 is 0 Å². The molecule has 0 unspecified atom stereocenters. The van der Waals surface area contributed by atoms with Gasteiger partial charge in [0, 0.05) is 17.4 Å². The van der Waals surface area contributed by atoms with Crippen LogP contribution in [0.25, 0.3) is 0 Å². The first kappa shape index (κ1) is 13.6. The molecule has 0 amide bonds. The third kappa shape index (κ3) is 3.14. The molecule has 19 heavy (non-hydrogen) atoms. The monoisotopic (exact) mass is 283 g/mol. The van der Waals surface area contributed by atoms with Gasteiger partial charge in [0.05, 0.1) is 9.85 Å². The summed E-state index contributed by atoms with van der Waals surface area (Å²) in [6.07, 6.45) is 4.34. The second-order valence-electron chi connectivity index (χ2n) is 4.31. The van der Waals surface area contributed by atoms with Crippen LogP contribution in [0, 0.1) is 20.2 Å². The van der Waals surface area contributed by atoms with Crippen LogP contribution < -0.4 is 4.72 Å². The molecule has 0 aromatic heterocycles. The molecule has 1 aromatic rings. The number of benzene rings is 1. The van der Waals surface area contributed by atoms with Crippen LogP contribution in [0.4, 0.5) is 17.1 Å². The van der Waals surface area contributed by atoms with E-state index in [0.29, 0.717) is 5.25 Å². The Hall–Kier alpha value is -1.83. The van der Waals surface area contributed by atoms with Crippen LogP contribution >= 0.6 is 11.9 Å². The molecule has 0 heterocycles. The highest BCUT2D eigenvalue weighted by molar-refractivity contribution is 8.01. The van der Waals surface area contributed by atoms with Gasteiger partial charge in [0.1, 0.15) is 0 Å². The zero-order valence-corrected chi connectivity index (χ0v) is 10.9. The van der Waals surface area contributed by atoms with Crippen molar-refractivity contribution < 1.29 is 9.85 Å². The molecule has 0 atom stereocenters. The van der Waals surface area contributed by atoms with Gasteiger partial charge in [-0.2, -0.15) is 0 Å². The predicted octanol–water partition coefficient (Wildman–Crippen LogP) is 3.51. The summed E-state index contributed by atoms with van der Waals surface area (Å²) in [5, 5.41) is 22.2. The van der Waals surface area contributed by atoms with Gasteiger partial charge in [0.15, 0.2) is 0 Å². The summed E-state index contributed by atoms with van der Waals surface area (Å²) in [7, 11) is 0. The minimum atomic E-state index is -0.607. The zero-order valence-electron chi connectivity index (χ0n) is 10.1. The van der Waals surface area contributed by atoms with Crippen LogP contribution in [0.1, 0.15) is 25.7 Å². The van der Waals surface area contributed by atoms with Gasteiger partial charge >= 0.3 is 0 Å². The van der Waals surface area contributed by atoms with Gasteiger partial charge in [-0.15, -0.1) is 0 Å². The lowest BCUT2D eigenvalue weighted by atomic mass is 10.2. The lowest BCUT2D eigenvalue weighted by molar-refractivity contribution is -0.392. The molecule has 8 heteroatoms. The highest BCUT2D eigenvalue weighted by atomic mass is 32.2. The Morgan fingerprint density at radius 2 is 1.63 bits per heavy atom. The second kappa shape index (κ2) is 5.87. The van der Waals surface area contributed by atoms with E-state index in [-0.39, 0.29) is 17.1 Å². The summed E-state index contributed by atoms with van der Waals surface area (Å²) in [4.78, 5) is 20.6. The number of nitro groups is 2. The van der Waals surface area contributed by atoms with Gasteiger partial charge in [0.25, 0.3) is 11.4 Å². The minimum absolute atomic E-state index is 0.0191. The van der Waals surface area contributed by atoms with Crippen molar-refractivity contribution in [1.29, 1.82) is 0 Å². The fraction of sp³-hybridized carbons (Fsp3) is 0.455. The van der Waals surface area contributed by atoms with Crippen LogP contribution in [0.2, 0.25) is 0 Å². The van der Waals surface area contributed by atoms with Crippen LogP contribution in [0.15, 0.2) is 18.2 Å². The summed E-state index contributed by atoms with van der Waals surface area (Å²) in [6.45, 7) is 0. The largest absolute Gasteiger partial charge is 0.318 e. The zero-order chi connectivity index (χ0) is 13.8. The maximum absolute atomic E-state index is 10.9. The van der Waals surface area contributed by atoms with Crippen molar-refractivity contribution in [3.05, 3.63) is 38.4 Å². The summed E-state index contributed by atoms with van der Waals surface area (Å²) >= 11 is 1.34. The van der Waals surface area contributed by atoms with Gasteiger partial charge in [0.2, 0.25) is 5.69 Å². The fourth-order valence-electron chi connectivity index (χ4n) is 2.09. The van der Waals surface area contributed by atoms with Crippen molar-refractivity contribution >= 4 is 29.0 Å². The molecular weight excluding hydrogens is 270 g/mol. The van der Waals surface area contributed by atoms with Gasteiger partial charge < -0.3 is 4.72 Å². The number of nitro benzene ring substituents is 2. The fourth-order valence-corrected chi connectivity index (χ4v) is 3.15. The molecular formula is C11H13N3O4S. The topological polar surface area (TPSA) is 98.3 Å². The van der Waals surface area contributed by atoms with E-state index < -0.39 is 9.85 Å². The van der Waals surface area contributed by atoms with E-state index in [2.05, 4.69) is 4.72 Å². The van der Waals surface area contributed by atoms with Gasteiger partial charge in [-0.25, -0.2) is 0 Å². The van der Waals surface area contributed by atoms with Crippen molar-refractivity contribution in [2.24, 2.45) is 0 Å². The number of hydrogen-bond acceptors (Lipinski definition) is 6. The van der Waals surface area contributed by atoms with E-state index in [1.54, 1.807) is 0 Å². The maximum atomic E-state index is 10.9. The number of para-hydroxylation sites is 1. The van der Waals surface area contributed by atoms with Gasteiger partial charge in [-0.3, -0.25) is 20.2 Å². The lowest BCUT2D eigenvalue weighted by Gasteiger charge is -2.10. The Morgan fingerprint density at radius 3 is 2.11 bits per heavy atom. The van der Waals surface area contributed by atoms with E-state index in [4.69, 9.17) is 0 Å². The first-order chi connectivity index (χ1) is 9.09. The highest BCUT2D eigenvalue weighted by Crippen LogP contribution is 2.38. The first-order valence-corrected chi connectivity index (χ1v) is 6.81. The number of nitrogens with zero attached hydrogens (tertiary/aromatic N) is 2. The molecule has 1 saturated carbocycles. The maximum Gasteiger partial charge on any atom is 0.300 e. The standard InChI is InChI=1S/C11H13N3O4S/c15-13(16)9-6-3-7-10(14(17)18)11(9)12-19-8-4-1-2-5-8/h3,6-8,12H,1-2,4-5H2. The third-order valence-corrected chi connectivity index (χ3v) is 4.17. The molecule has 1 fully saturated rings. The average molecular weight is 283 g/mol. The molecule has 2 rings (SSSR count). The summed E-state index contributed by atoms with van der Waals surface area (Å²) in [5.41, 5.74) is -0.547. The molecule has 102 valence electrons. The molecule has 0 spiro atoms. The molecule has 1 aliphatic carbocycles. The van der Waals surface area contributed by atoms with Crippen LogP contribution in [0.5, 0.6) is 0 Å². The second-order valence-corrected chi connectivity index (χ2v) is 5.42.